The number of benzene rings is 3. The molecule has 20 heavy (non-hydrogen) atoms. The van der Waals surface area contributed by atoms with Crippen molar-refractivity contribution in [3.63, 3.8) is 0 Å². The molecule has 0 saturated carbocycles. The van der Waals surface area contributed by atoms with E-state index < -0.39 is 5.78 Å². The zero-order chi connectivity index (χ0) is 14.3. The van der Waals surface area contributed by atoms with Crippen LogP contribution in [0.3, 0.4) is 0 Å². The molecule has 0 amide bonds. The molecule has 0 bridgehead atoms. The van der Waals surface area contributed by atoms with Crippen LogP contribution in [0.5, 0.6) is 0 Å². The van der Waals surface area contributed by atoms with Crippen LogP contribution in [0.15, 0.2) is 42.5 Å². The van der Waals surface area contributed by atoms with E-state index >= 15 is 0 Å². The van der Waals surface area contributed by atoms with E-state index in [4.69, 9.17) is 23.2 Å². The monoisotopic (exact) mass is 302 g/mol. The second kappa shape index (κ2) is 4.89. The van der Waals surface area contributed by atoms with Gasteiger partial charge >= 0.3 is 0 Å². The number of hydrogen-bond acceptors (Lipinski definition) is 2. The summed E-state index contributed by atoms with van der Waals surface area (Å²) in [5, 5.41) is 3.70. The van der Waals surface area contributed by atoms with E-state index in [2.05, 4.69) is 0 Å². The molecule has 3 rings (SSSR count). The second-order valence-corrected chi connectivity index (χ2v) is 5.22. The van der Waals surface area contributed by atoms with Crippen molar-refractivity contribution in [1.29, 1.82) is 0 Å². The highest BCUT2D eigenvalue weighted by Crippen LogP contribution is 2.35. The zero-order valence-corrected chi connectivity index (χ0v) is 11.7. The van der Waals surface area contributed by atoms with Gasteiger partial charge in [-0.1, -0.05) is 47.5 Å². The molecule has 0 aliphatic carbocycles. The number of ketones is 1. The molecule has 0 aromatic heterocycles. The molecule has 0 atom stereocenters. The average molecular weight is 303 g/mol. The van der Waals surface area contributed by atoms with Gasteiger partial charge in [-0.25, -0.2) is 0 Å². The van der Waals surface area contributed by atoms with Gasteiger partial charge in [-0.05, 0) is 29.0 Å². The summed E-state index contributed by atoms with van der Waals surface area (Å²) in [7, 11) is 0. The molecule has 0 spiro atoms. The lowest BCUT2D eigenvalue weighted by molar-refractivity contribution is -0.104. The van der Waals surface area contributed by atoms with Crippen molar-refractivity contribution in [2.24, 2.45) is 0 Å². The standard InChI is InChI=1S/C16H8Cl2O2/c17-12-5-2-4-10-11(12)7-9-3-1-6-13(18)15(9)16(10)14(20)8-19/h1-8H. The van der Waals surface area contributed by atoms with Crippen LogP contribution in [0.1, 0.15) is 10.4 Å². The van der Waals surface area contributed by atoms with Gasteiger partial charge in [-0.2, -0.15) is 0 Å². The highest BCUT2D eigenvalue weighted by atomic mass is 35.5. The van der Waals surface area contributed by atoms with E-state index in [1.54, 1.807) is 30.3 Å². The van der Waals surface area contributed by atoms with Crippen molar-refractivity contribution in [2.45, 2.75) is 0 Å². The Bertz CT molecular complexity index is 869. The van der Waals surface area contributed by atoms with Crippen LogP contribution in [0.2, 0.25) is 10.0 Å². The number of carbonyl (C=O) groups excluding carboxylic acids is 2. The maximum Gasteiger partial charge on any atom is 0.226 e. The summed E-state index contributed by atoms with van der Waals surface area (Å²) in [6.07, 6.45) is 0.304. The maximum absolute atomic E-state index is 12.0. The van der Waals surface area contributed by atoms with Crippen LogP contribution < -0.4 is 0 Å². The molecular formula is C16H8Cl2O2. The summed E-state index contributed by atoms with van der Waals surface area (Å²) in [6.45, 7) is 0. The Morgan fingerprint density at radius 1 is 0.950 bits per heavy atom. The lowest BCUT2D eigenvalue weighted by Crippen LogP contribution is -2.03. The Hall–Kier alpha value is -1.90. The van der Waals surface area contributed by atoms with E-state index in [0.29, 0.717) is 32.7 Å². The third-order valence-corrected chi connectivity index (χ3v) is 3.92. The molecule has 3 aromatic rings. The Morgan fingerprint density at radius 2 is 1.65 bits per heavy atom. The van der Waals surface area contributed by atoms with Crippen LogP contribution in [-0.4, -0.2) is 12.1 Å². The van der Waals surface area contributed by atoms with Crippen molar-refractivity contribution in [3.05, 3.63) is 58.1 Å². The van der Waals surface area contributed by atoms with Gasteiger partial charge in [0.1, 0.15) is 0 Å². The molecule has 0 radical (unpaired) electrons. The van der Waals surface area contributed by atoms with Crippen LogP contribution in [-0.2, 0) is 4.79 Å². The van der Waals surface area contributed by atoms with Crippen molar-refractivity contribution in [1.82, 2.24) is 0 Å². The largest absolute Gasteiger partial charge is 0.294 e. The maximum atomic E-state index is 12.0. The third kappa shape index (κ3) is 1.89. The topological polar surface area (TPSA) is 34.1 Å². The molecule has 0 heterocycles. The number of aldehydes is 1. The van der Waals surface area contributed by atoms with Crippen molar-refractivity contribution >= 4 is 56.8 Å². The first kappa shape index (κ1) is 13.1. The molecule has 0 aliphatic heterocycles. The van der Waals surface area contributed by atoms with Gasteiger partial charge in [0.05, 0.1) is 0 Å². The molecule has 0 fully saturated rings. The molecule has 2 nitrogen and oxygen atoms in total. The number of Topliss-reactive ketones (excluding diaryl/α,β-unsaturated/α-hetero) is 1. The Kier molecular flexibility index (Phi) is 3.20. The minimum Gasteiger partial charge on any atom is -0.294 e. The number of hydrogen-bond donors (Lipinski definition) is 0. The first-order valence-electron chi connectivity index (χ1n) is 5.92. The summed E-state index contributed by atoms with van der Waals surface area (Å²) in [6, 6.07) is 12.5. The van der Waals surface area contributed by atoms with Crippen LogP contribution in [0.25, 0.3) is 21.5 Å². The Balaban J connectivity index is 2.64. The van der Waals surface area contributed by atoms with Gasteiger partial charge in [0, 0.05) is 26.4 Å². The summed E-state index contributed by atoms with van der Waals surface area (Å²) < 4.78 is 0. The molecule has 0 aliphatic rings. The van der Waals surface area contributed by atoms with E-state index in [9.17, 15) is 9.59 Å². The number of halogens is 2. The highest BCUT2D eigenvalue weighted by molar-refractivity contribution is 6.45. The average Bonchev–Trinajstić information content (AvgIpc) is 2.45. The van der Waals surface area contributed by atoms with Crippen LogP contribution >= 0.6 is 23.2 Å². The zero-order valence-electron chi connectivity index (χ0n) is 10.2. The smallest absolute Gasteiger partial charge is 0.226 e. The lowest BCUT2D eigenvalue weighted by Gasteiger charge is -2.10. The number of fused-ring (bicyclic) bond motifs is 2. The third-order valence-electron chi connectivity index (χ3n) is 3.27. The lowest BCUT2D eigenvalue weighted by atomic mass is 9.94. The van der Waals surface area contributed by atoms with Gasteiger partial charge < -0.3 is 0 Å². The minimum atomic E-state index is -0.601. The van der Waals surface area contributed by atoms with Gasteiger partial charge in [-0.15, -0.1) is 0 Å². The van der Waals surface area contributed by atoms with Gasteiger partial charge in [0.15, 0.2) is 6.29 Å². The second-order valence-electron chi connectivity index (χ2n) is 4.41. The fraction of sp³-hybridized carbons (Fsp3) is 0. The van der Waals surface area contributed by atoms with E-state index in [1.165, 1.54) is 0 Å². The SMILES string of the molecule is O=CC(=O)c1c2cccc(Cl)c2cc2cccc(Cl)c12. The molecule has 0 unspecified atom stereocenters. The Labute approximate surface area is 124 Å². The predicted octanol–water partition coefficient (Wildman–Crippen LogP) is 4.68. The fourth-order valence-corrected chi connectivity index (χ4v) is 2.94. The molecule has 3 aromatic carbocycles. The Morgan fingerprint density at radius 3 is 2.40 bits per heavy atom. The fourth-order valence-electron chi connectivity index (χ4n) is 2.43. The summed E-state index contributed by atoms with van der Waals surface area (Å²) in [5.41, 5.74) is 0.306. The van der Waals surface area contributed by atoms with Gasteiger partial charge in [-0.3, -0.25) is 9.59 Å². The summed E-state index contributed by atoms with van der Waals surface area (Å²) in [5.74, 6) is -0.601. The quantitative estimate of drug-likeness (QED) is 0.298. The first-order valence-corrected chi connectivity index (χ1v) is 6.68. The van der Waals surface area contributed by atoms with E-state index in [-0.39, 0.29) is 0 Å². The number of rotatable bonds is 2. The molecule has 0 saturated heterocycles. The molecule has 4 heteroatoms. The van der Waals surface area contributed by atoms with Crippen LogP contribution in [0.4, 0.5) is 0 Å². The van der Waals surface area contributed by atoms with Gasteiger partial charge in [0.25, 0.3) is 0 Å². The minimum absolute atomic E-state index is 0.304. The summed E-state index contributed by atoms with van der Waals surface area (Å²) in [4.78, 5) is 23.0. The first-order chi connectivity index (χ1) is 9.63. The van der Waals surface area contributed by atoms with Crippen molar-refractivity contribution in [3.8, 4) is 0 Å². The summed E-state index contributed by atoms with van der Waals surface area (Å²) >= 11 is 12.4. The number of carbonyl (C=O) groups is 2. The van der Waals surface area contributed by atoms with Crippen molar-refractivity contribution < 1.29 is 9.59 Å². The van der Waals surface area contributed by atoms with E-state index in [0.717, 1.165) is 10.8 Å². The molecular weight excluding hydrogens is 295 g/mol. The predicted molar refractivity (Wildman–Crippen MR) is 81.9 cm³/mol. The molecule has 0 N–H and O–H groups in total. The van der Waals surface area contributed by atoms with Gasteiger partial charge in [0.2, 0.25) is 5.78 Å². The van der Waals surface area contributed by atoms with Crippen LogP contribution in [0, 0.1) is 0 Å². The van der Waals surface area contributed by atoms with E-state index in [1.807, 2.05) is 12.1 Å². The van der Waals surface area contributed by atoms with Crippen molar-refractivity contribution in [2.75, 3.05) is 0 Å². The molecule has 98 valence electrons. The highest BCUT2D eigenvalue weighted by Gasteiger charge is 2.17. The normalized spacial score (nSPS) is 10.9.